The van der Waals surface area contributed by atoms with Gasteiger partial charge in [-0.15, -0.1) is 24.8 Å². The largest absolute Gasteiger partial charge is 0.305 e. The Morgan fingerprint density at radius 2 is 1.22 bits per heavy atom. The summed E-state index contributed by atoms with van der Waals surface area (Å²) in [4.78, 5) is 23.6. The van der Waals surface area contributed by atoms with Crippen LogP contribution in [0.3, 0.4) is 0 Å². The maximum atomic E-state index is 14.4. The lowest BCUT2D eigenvalue weighted by molar-refractivity contribution is 0.0958. The van der Waals surface area contributed by atoms with Gasteiger partial charge < -0.3 is 4.90 Å². The predicted molar refractivity (Wildman–Crippen MR) is 211 cm³/mol. The van der Waals surface area contributed by atoms with E-state index in [1.165, 1.54) is 50.1 Å². The summed E-state index contributed by atoms with van der Waals surface area (Å²) >= 11 is 0. The molecule has 0 atom stereocenters. The van der Waals surface area contributed by atoms with E-state index in [9.17, 15) is 4.79 Å². The monoisotopic (exact) mass is 693 g/mol. The van der Waals surface area contributed by atoms with Gasteiger partial charge in [0.1, 0.15) is 0 Å². The number of amides is 1. The van der Waals surface area contributed by atoms with Gasteiger partial charge in [0.05, 0.1) is 0 Å². The number of carbonyl (C=O) groups is 1. The normalized spacial score (nSPS) is 13.4. The van der Waals surface area contributed by atoms with Crippen molar-refractivity contribution < 1.29 is 4.79 Å². The molecule has 6 heteroatoms. The van der Waals surface area contributed by atoms with E-state index in [2.05, 4.69) is 130 Å². The standard InChI is InChI=1S/C43H47N3O.2ClH/c1-28-11-13-41(14-12-28)46(43(47)37-10-8-9-36(24-37)38-19-29(2)33(6)30(3)20-38)42-15-17-45(18-16-42)27-35-23-40(26-44-25-35)39-21-31(4)34(7)32(5)22-39;;/h8-14,19-26,42H,15-18,27H2,1-7H3;2*1H. The van der Waals surface area contributed by atoms with Gasteiger partial charge in [-0.25, -0.2) is 0 Å². The SMILES string of the molecule is Cc1ccc(N(C(=O)c2cccc(-c3cc(C)c(C)c(C)c3)c2)C2CCN(Cc3cncc(-c4cc(C)c(C)c(C)c4)c3)CC2)cc1.Cl.Cl. The number of hydrogen-bond acceptors (Lipinski definition) is 3. The number of nitrogens with zero attached hydrogens (tertiary/aromatic N) is 3. The van der Waals surface area contributed by atoms with Crippen LogP contribution in [0.2, 0.25) is 0 Å². The number of likely N-dealkylation sites (tertiary alicyclic amines) is 1. The van der Waals surface area contributed by atoms with Gasteiger partial charge in [-0.1, -0.05) is 54.1 Å². The Hall–Kier alpha value is -3.96. The summed E-state index contributed by atoms with van der Waals surface area (Å²) in [5.41, 5.74) is 16.6. The third-order valence-corrected chi connectivity index (χ3v) is 10.3. The molecule has 2 heterocycles. The second kappa shape index (κ2) is 16.2. The minimum atomic E-state index is 0. The van der Waals surface area contributed by atoms with Crippen molar-refractivity contribution in [2.75, 3.05) is 18.0 Å². The Kier molecular flexibility index (Phi) is 12.5. The lowest BCUT2D eigenvalue weighted by atomic mass is 9.95. The lowest BCUT2D eigenvalue weighted by Gasteiger charge is -2.39. The fourth-order valence-corrected chi connectivity index (χ4v) is 6.90. The summed E-state index contributed by atoms with van der Waals surface area (Å²) in [5, 5.41) is 0. The zero-order valence-electron chi connectivity index (χ0n) is 29.8. The molecule has 49 heavy (non-hydrogen) atoms. The second-order valence-electron chi connectivity index (χ2n) is 13.7. The maximum absolute atomic E-state index is 14.4. The Balaban J connectivity index is 0.00000270. The smallest absolute Gasteiger partial charge is 0.258 e. The van der Waals surface area contributed by atoms with Crippen LogP contribution < -0.4 is 4.90 Å². The molecule has 1 fully saturated rings. The van der Waals surface area contributed by atoms with Crippen molar-refractivity contribution in [2.24, 2.45) is 0 Å². The molecule has 6 rings (SSSR count). The van der Waals surface area contributed by atoms with E-state index in [1.807, 2.05) is 24.5 Å². The van der Waals surface area contributed by atoms with Crippen LogP contribution >= 0.6 is 24.8 Å². The minimum Gasteiger partial charge on any atom is -0.305 e. The highest BCUT2D eigenvalue weighted by atomic mass is 35.5. The summed E-state index contributed by atoms with van der Waals surface area (Å²) in [7, 11) is 0. The number of anilines is 1. The van der Waals surface area contributed by atoms with Crippen molar-refractivity contribution >= 4 is 36.4 Å². The Labute approximate surface area is 305 Å². The molecular formula is C43H49Cl2N3O. The fraction of sp³-hybridized carbons (Fsp3) is 0.302. The number of rotatable bonds is 7. The summed E-state index contributed by atoms with van der Waals surface area (Å²) < 4.78 is 0. The molecule has 256 valence electrons. The lowest BCUT2D eigenvalue weighted by Crippen LogP contribution is -2.47. The van der Waals surface area contributed by atoms with E-state index in [-0.39, 0.29) is 36.8 Å². The van der Waals surface area contributed by atoms with E-state index in [4.69, 9.17) is 0 Å². The molecule has 4 aromatic carbocycles. The number of hydrogen-bond donors (Lipinski definition) is 0. The highest BCUT2D eigenvalue weighted by molar-refractivity contribution is 6.07. The highest BCUT2D eigenvalue weighted by Crippen LogP contribution is 2.31. The summed E-state index contributed by atoms with van der Waals surface area (Å²) in [6.07, 6.45) is 5.80. The Morgan fingerprint density at radius 3 is 1.80 bits per heavy atom. The van der Waals surface area contributed by atoms with Crippen LogP contribution in [0.25, 0.3) is 22.3 Å². The van der Waals surface area contributed by atoms with Crippen molar-refractivity contribution in [1.29, 1.82) is 0 Å². The summed E-state index contributed by atoms with van der Waals surface area (Å²) in [5.74, 6) is 0.0651. The van der Waals surface area contributed by atoms with Gasteiger partial charge in [-0.3, -0.25) is 14.7 Å². The van der Waals surface area contributed by atoms with Crippen LogP contribution in [-0.4, -0.2) is 34.9 Å². The zero-order chi connectivity index (χ0) is 33.2. The molecule has 0 unspecified atom stereocenters. The number of aryl methyl sites for hydroxylation is 5. The van der Waals surface area contributed by atoms with Crippen molar-refractivity contribution in [3.8, 4) is 22.3 Å². The Morgan fingerprint density at radius 1 is 0.673 bits per heavy atom. The average molecular weight is 695 g/mol. The molecule has 1 amide bonds. The van der Waals surface area contributed by atoms with Gasteiger partial charge in [0, 0.05) is 54.9 Å². The number of benzene rings is 4. The van der Waals surface area contributed by atoms with Crippen molar-refractivity contribution in [3.63, 3.8) is 0 Å². The van der Waals surface area contributed by atoms with Crippen LogP contribution in [-0.2, 0) is 6.54 Å². The predicted octanol–water partition coefficient (Wildman–Crippen LogP) is 10.7. The van der Waals surface area contributed by atoms with E-state index in [0.29, 0.717) is 0 Å². The number of aromatic nitrogens is 1. The van der Waals surface area contributed by atoms with Crippen molar-refractivity contribution in [3.05, 3.63) is 141 Å². The molecule has 0 bridgehead atoms. The molecule has 5 aromatic rings. The molecular weight excluding hydrogens is 645 g/mol. The molecule has 0 saturated carbocycles. The van der Waals surface area contributed by atoms with Crippen LogP contribution in [0.15, 0.2) is 91.3 Å². The molecule has 1 aliphatic heterocycles. The van der Waals surface area contributed by atoms with Gasteiger partial charge in [-0.05, 0) is 147 Å². The number of carbonyl (C=O) groups excluding carboxylic acids is 1. The third-order valence-electron chi connectivity index (χ3n) is 10.3. The van der Waals surface area contributed by atoms with Crippen LogP contribution in [0.5, 0.6) is 0 Å². The molecule has 0 spiro atoms. The van der Waals surface area contributed by atoms with E-state index in [0.717, 1.165) is 60.4 Å². The minimum absolute atomic E-state index is 0. The van der Waals surface area contributed by atoms with E-state index < -0.39 is 0 Å². The summed E-state index contributed by atoms with van der Waals surface area (Å²) in [6.45, 7) is 17.8. The van der Waals surface area contributed by atoms with Crippen LogP contribution in [0, 0.1) is 48.5 Å². The van der Waals surface area contributed by atoms with Crippen molar-refractivity contribution in [2.45, 2.75) is 73.9 Å². The van der Waals surface area contributed by atoms with Gasteiger partial charge in [-0.2, -0.15) is 0 Å². The Bertz CT molecular complexity index is 1880. The average Bonchev–Trinajstić information content (AvgIpc) is 3.07. The van der Waals surface area contributed by atoms with Gasteiger partial charge >= 0.3 is 0 Å². The van der Waals surface area contributed by atoms with Crippen LogP contribution in [0.4, 0.5) is 5.69 Å². The molecule has 4 nitrogen and oxygen atoms in total. The van der Waals surface area contributed by atoms with Crippen molar-refractivity contribution in [1.82, 2.24) is 9.88 Å². The molecule has 0 aliphatic carbocycles. The van der Waals surface area contributed by atoms with Crippen LogP contribution in [0.1, 0.15) is 67.7 Å². The molecule has 1 aromatic heterocycles. The molecule has 0 radical (unpaired) electrons. The quantitative estimate of drug-likeness (QED) is 0.170. The topological polar surface area (TPSA) is 36.4 Å². The second-order valence-corrected chi connectivity index (χ2v) is 13.7. The van der Waals surface area contributed by atoms with E-state index >= 15 is 0 Å². The number of piperidine rings is 1. The van der Waals surface area contributed by atoms with Gasteiger partial charge in [0.2, 0.25) is 0 Å². The first kappa shape index (κ1) is 37.9. The number of pyridine rings is 1. The summed E-state index contributed by atoms with van der Waals surface area (Å²) in [6, 6.07) is 28.0. The van der Waals surface area contributed by atoms with Gasteiger partial charge in [0.15, 0.2) is 0 Å². The van der Waals surface area contributed by atoms with Gasteiger partial charge in [0.25, 0.3) is 5.91 Å². The molecule has 1 aliphatic rings. The highest BCUT2D eigenvalue weighted by Gasteiger charge is 2.30. The number of halogens is 2. The first-order valence-electron chi connectivity index (χ1n) is 16.9. The third kappa shape index (κ3) is 8.44. The first-order chi connectivity index (χ1) is 22.6. The maximum Gasteiger partial charge on any atom is 0.258 e. The van der Waals surface area contributed by atoms with E-state index in [1.54, 1.807) is 0 Å². The zero-order valence-corrected chi connectivity index (χ0v) is 31.5. The molecule has 1 saturated heterocycles. The fourth-order valence-electron chi connectivity index (χ4n) is 6.90. The molecule has 0 N–H and O–H groups in total. The first-order valence-corrected chi connectivity index (χ1v) is 16.9.